The largest absolute Gasteiger partial charge is 0.408 e. The molecule has 3 rings (SSSR count). The summed E-state index contributed by atoms with van der Waals surface area (Å²) < 4.78 is 21.3. The molecular formula is C25H28FNO4. The number of aliphatic hydroxyl groups is 2. The van der Waals surface area contributed by atoms with Gasteiger partial charge in [-0.15, -0.1) is 6.58 Å². The van der Waals surface area contributed by atoms with E-state index < -0.39 is 24.1 Å². The minimum atomic E-state index is -1.09. The predicted octanol–water partition coefficient (Wildman–Crippen LogP) is 4.87. The number of carbonyl (C=O) groups is 1. The second-order valence-electron chi connectivity index (χ2n) is 7.98. The van der Waals surface area contributed by atoms with Gasteiger partial charge in [0, 0.05) is 17.8 Å². The van der Waals surface area contributed by atoms with Gasteiger partial charge < -0.3 is 19.5 Å². The average Bonchev–Trinajstić information content (AvgIpc) is 3.07. The molecule has 0 aliphatic heterocycles. The number of hydrogen-bond donors (Lipinski definition) is 2. The van der Waals surface area contributed by atoms with Gasteiger partial charge in [-0.2, -0.15) is 0 Å². The second kappa shape index (κ2) is 9.45. The number of rotatable bonds is 8. The maximum atomic E-state index is 13.5. The van der Waals surface area contributed by atoms with Crippen LogP contribution in [-0.4, -0.2) is 33.0 Å². The van der Waals surface area contributed by atoms with E-state index in [1.807, 2.05) is 42.7 Å². The number of ether oxygens (including phenoxy) is 1. The molecule has 31 heavy (non-hydrogen) atoms. The summed E-state index contributed by atoms with van der Waals surface area (Å²) in [7, 11) is 0. The summed E-state index contributed by atoms with van der Waals surface area (Å²) in [6.45, 7) is 9.01. The van der Waals surface area contributed by atoms with E-state index in [1.165, 1.54) is 18.2 Å². The summed E-state index contributed by atoms with van der Waals surface area (Å²) >= 11 is 0. The molecule has 0 saturated heterocycles. The van der Waals surface area contributed by atoms with Crippen LogP contribution in [-0.2, 0) is 4.79 Å². The Labute approximate surface area is 181 Å². The highest BCUT2D eigenvalue weighted by atomic mass is 19.1. The van der Waals surface area contributed by atoms with E-state index in [1.54, 1.807) is 19.1 Å². The van der Waals surface area contributed by atoms with Crippen molar-refractivity contribution in [3.63, 3.8) is 0 Å². The lowest BCUT2D eigenvalue weighted by Gasteiger charge is -2.21. The number of hydrogen-bond acceptors (Lipinski definition) is 4. The zero-order valence-corrected chi connectivity index (χ0v) is 18.0. The smallest absolute Gasteiger partial charge is 0.317 e. The average molecular weight is 426 g/mol. The van der Waals surface area contributed by atoms with E-state index in [4.69, 9.17) is 4.74 Å². The molecule has 0 aliphatic carbocycles. The summed E-state index contributed by atoms with van der Waals surface area (Å²) in [5, 5.41) is 20.9. The summed E-state index contributed by atoms with van der Waals surface area (Å²) in [4.78, 5) is 12.9. The molecule has 1 heterocycles. The normalized spacial score (nSPS) is 14.4. The summed E-state index contributed by atoms with van der Waals surface area (Å²) in [6, 6.07) is 13.7. The van der Waals surface area contributed by atoms with E-state index in [9.17, 15) is 19.4 Å². The number of fused-ring (bicyclic) bond motifs is 1. The first-order valence-corrected chi connectivity index (χ1v) is 10.3. The highest BCUT2D eigenvalue weighted by Crippen LogP contribution is 2.42. The fraction of sp³-hybridized carbons (Fsp3) is 0.320. The topological polar surface area (TPSA) is 71.7 Å². The van der Waals surface area contributed by atoms with Gasteiger partial charge in [-0.1, -0.05) is 36.4 Å². The first kappa shape index (κ1) is 22.7. The minimum absolute atomic E-state index is 0.0161. The van der Waals surface area contributed by atoms with Crippen molar-refractivity contribution in [2.75, 3.05) is 0 Å². The van der Waals surface area contributed by atoms with Crippen LogP contribution in [0.4, 0.5) is 4.39 Å². The van der Waals surface area contributed by atoms with Gasteiger partial charge in [0.25, 0.3) is 0 Å². The molecule has 3 atom stereocenters. The van der Waals surface area contributed by atoms with Crippen LogP contribution in [0, 0.1) is 11.7 Å². The van der Waals surface area contributed by atoms with Crippen LogP contribution in [0.1, 0.15) is 33.2 Å². The molecule has 1 unspecified atom stereocenters. The Kier molecular flexibility index (Phi) is 6.93. The van der Waals surface area contributed by atoms with E-state index >= 15 is 0 Å². The third-order valence-electron chi connectivity index (χ3n) is 5.42. The van der Waals surface area contributed by atoms with E-state index in [0.717, 1.165) is 16.5 Å². The molecule has 164 valence electrons. The Hall–Kier alpha value is -2.96. The van der Waals surface area contributed by atoms with Crippen LogP contribution in [0.2, 0.25) is 0 Å². The molecule has 0 aliphatic rings. The van der Waals surface area contributed by atoms with Crippen molar-refractivity contribution in [2.24, 2.45) is 5.92 Å². The zero-order valence-electron chi connectivity index (χ0n) is 18.0. The lowest BCUT2D eigenvalue weighted by atomic mass is 9.99. The van der Waals surface area contributed by atoms with Gasteiger partial charge in [0.2, 0.25) is 5.88 Å². The molecule has 0 bridgehead atoms. The highest BCUT2D eigenvalue weighted by Gasteiger charge is 2.29. The number of aliphatic hydroxyl groups excluding tert-OH is 2. The van der Waals surface area contributed by atoms with Crippen molar-refractivity contribution >= 4 is 16.9 Å². The monoisotopic (exact) mass is 425 g/mol. The Morgan fingerprint density at radius 3 is 2.39 bits per heavy atom. The number of esters is 1. The summed E-state index contributed by atoms with van der Waals surface area (Å²) in [5.41, 5.74) is 2.29. The van der Waals surface area contributed by atoms with Gasteiger partial charge in [-0.05, 0) is 44.5 Å². The fourth-order valence-corrected chi connectivity index (χ4v) is 3.64. The number of halogens is 1. The zero-order chi connectivity index (χ0) is 22.7. The number of nitrogens with zero attached hydrogens (tertiary/aromatic N) is 1. The van der Waals surface area contributed by atoms with Crippen LogP contribution in [0.3, 0.4) is 0 Å². The fourth-order valence-electron chi connectivity index (χ4n) is 3.64. The van der Waals surface area contributed by atoms with Crippen molar-refractivity contribution in [2.45, 2.75) is 45.4 Å². The van der Waals surface area contributed by atoms with Crippen LogP contribution in [0.15, 0.2) is 61.2 Å². The Balaban J connectivity index is 2.09. The molecule has 0 radical (unpaired) electrons. The first-order chi connectivity index (χ1) is 14.7. The summed E-state index contributed by atoms with van der Waals surface area (Å²) in [5.74, 6) is -1.49. The third-order valence-corrected chi connectivity index (χ3v) is 5.42. The molecule has 0 spiro atoms. The van der Waals surface area contributed by atoms with Gasteiger partial charge in [0.15, 0.2) is 0 Å². The van der Waals surface area contributed by atoms with E-state index in [0.29, 0.717) is 11.4 Å². The van der Waals surface area contributed by atoms with Crippen molar-refractivity contribution in [1.82, 2.24) is 4.57 Å². The first-order valence-electron chi connectivity index (χ1n) is 10.3. The summed E-state index contributed by atoms with van der Waals surface area (Å²) in [6.07, 6.45) is -0.712. The standard InChI is InChI=1S/C25H28FNO4/c1-5-19(28)14-22(29)16(4)25(30)31-24-23(17-10-12-18(26)13-11-17)20-8-6-7-9-21(20)27(24)15(2)3/h5-13,15-16,19,22,28-29H,1,14H2,2-4H3/t16?,19-,22-/m0/s1. The van der Waals surface area contributed by atoms with E-state index in [-0.39, 0.29) is 18.3 Å². The molecule has 3 aromatic rings. The quantitative estimate of drug-likeness (QED) is 0.399. The Bertz CT molecular complexity index is 1070. The molecule has 0 amide bonds. The maximum absolute atomic E-state index is 13.5. The van der Waals surface area contributed by atoms with Gasteiger partial charge >= 0.3 is 5.97 Å². The highest BCUT2D eigenvalue weighted by molar-refractivity contribution is 6.00. The molecule has 5 nitrogen and oxygen atoms in total. The molecule has 6 heteroatoms. The Morgan fingerprint density at radius 1 is 1.13 bits per heavy atom. The van der Waals surface area contributed by atoms with Crippen LogP contribution in [0.25, 0.3) is 22.0 Å². The van der Waals surface area contributed by atoms with Crippen molar-refractivity contribution in [3.8, 4) is 17.0 Å². The lowest BCUT2D eigenvalue weighted by molar-refractivity contribution is -0.142. The molecule has 1 aromatic heterocycles. The predicted molar refractivity (Wildman–Crippen MR) is 119 cm³/mol. The molecule has 2 aromatic carbocycles. The number of aromatic nitrogens is 1. The van der Waals surface area contributed by atoms with E-state index in [2.05, 4.69) is 6.58 Å². The molecular weight excluding hydrogens is 397 g/mol. The Morgan fingerprint density at radius 2 is 1.77 bits per heavy atom. The number of benzene rings is 2. The molecule has 0 saturated carbocycles. The van der Waals surface area contributed by atoms with Gasteiger partial charge in [-0.3, -0.25) is 4.79 Å². The van der Waals surface area contributed by atoms with Crippen molar-refractivity contribution in [1.29, 1.82) is 0 Å². The number of para-hydroxylation sites is 1. The second-order valence-corrected chi connectivity index (χ2v) is 7.98. The van der Waals surface area contributed by atoms with Gasteiger partial charge in [-0.25, -0.2) is 4.39 Å². The molecule has 2 N–H and O–H groups in total. The van der Waals surface area contributed by atoms with Gasteiger partial charge in [0.1, 0.15) is 5.82 Å². The third kappa shape index (κ3) is 4.70. The lowest BCUT2D eigenvalue weighted by Crippen LogP contribution is -2.32. The van der Waals surface area contributed by atoms with Crippen LogP contribution < -0.4 is 4.74 Å². The minimum Gasteiger partial charge on any atom is -0.408 e. The van der Waals surface area contributed by atoms with Crippen molar-refractivity contribution in [3.05, 3.63) is 67.0 Å². The molecule has 0 fully saturated rings. The van der Waals surface area contributed by atoms with Crippen LogP contribution >= 0.6 is 0 Å². The van der Waals surface area contributed by atoms with Crippen molar-refractivity contribution < 1.29 is 24.1 Å². The number of carbonyl (C=O) groups excluding carboxylic acids is 1. The van der Waals surface area contributed by atoms with Gasteiger partial charge in [0.05, 0.1) is 29.2 Å². The van der Waals surface area contributed by atoms with Crippen LogP contribution in [0.5, 0.6) is 5.88 Å². The SMILES string of the molecule is C=C[C@H](O)C[C@H](O)C(C)C(=O)Oc1c(-c2ccc(F)cc2)c2ccccc2n1C(C)C. The maximum Gasteiger partial charge on any atom is 0.317 e.